The van der Waals surface area contributed by atoms with Gasteiger partial charge in [-0.25, -0.2) is 0 Å². The largest absolute Gasteiger partial charge is 0.349 e. The number of halogens is 1. The molecule has 0 radical (unpaired) electrons. The summed E-state index contributed by atoms with van der Waals surface area (Å²) in [6, 6.07) is 17.8. The van der Waals surface area contributed by atoms with Gasteiger partial charge >= 0.3 is 0 Å². The standard InChI is InChI=1S/C18H20ClNO/c1-2-17(15-6-4-3-5-7-15)20-18(21)13-10-14-8-11-16(19)12-9-14/h3-9,11-12,17H,2,10,13H2,1H3,(H,20,21)/t17-/m1/s1. The fourth-order valence-corrected chi connectivity index (χ4v) is 2.41. The van der Waals surface area contributed by atoms with E-state index < -0.39 is 0 Å². The second-order valence-electron chi connectivity index (χ2n) is 5.07. The highest BCUT2D eigenvalue weighted by molar-refractivity contribution is 6.30. The van der Waals surface area contributed by atoms with Crippen LogP contribution in [0.25, 0.3) is 0 Å². The van der Waals surface area contributed by atoms with Crippen molar-refractivity contribution < 1.29 is 4.79 Å². The Balaban J connectivity index is 1.87. The summed E-state index contributed by atoms with van der Waals surface area (Å²) < 4.78 is 0. The van der Waals surface area contributed by atoms with E-state index in [1.807, 2.05) is 54.6 Å². The minimum atomic E-state index is 0.0839. The van der Waals surface area contributed by atoms with Crippen molar-refractivity contribution in [3.05, 3.63) is 70.7 Å². The van der Waals surface area contributed by atoms with Crippen molar-refractivity contribution in [2.24, 2.45) is 0 Å². The predicted octanol–water partition coefficient (Wildman–Crippen LogP) is 4.54. The Hall–Kier alpha value is -1.80. The SMILES string of the molecule is CC[C@@H](NC(=O)CCc1ccc(Cl)cc1)c1ccccc1. The Morgan fingerprint density at radius 1 is 1.10 bits per heavy atom. The van der Waals surface area contributed by atoms with Crippen LogP contribution < -0.4 is 5.32 Å². The minimum Gasteiger partial charge on any atom is -0.349 e. The van der Waals surface area contributed by atoms with Crippen molar-refractivity contribution in [3.8, 4) is 0 Å². The topological polar surface area (TPSA) is 29.1 Å². The molecule has 0 bridgehead atoms. The molecule has 0 aliphatic rings. The van der Waals surface area contributed by atoms with Crippen molar-refractivity contribution >= 4 is 17.5 Å². The van der Waals surface area contributed by atoms with Crippen LogP contribution in [0.4, 0.5) is 0 Å². The van der Waals surface area contributed by atoms with Crippen LogP contribution in [0.3, 0.4) is 0 Å². The van der Waals surface area contributed by atoms with Gasteiger partial charge in [-0.05, 0) is 36.1 Å². The summed E-state index contributed by atoms with van der Waals surface area (Å²) in [5, 5.41) is 3.82. The third-order valence-electron chi connectivity index (χ3n) is 3.50. The average molecular weight is 302 g/mol. The Kier molecular flexibility index (Phi) is 5.82. The Morgan fingerprint density at radius 2 is 1.76 bits per heavy atom. The first-order valence-corrected chi connectivity index (χ1v) is 7.65. The van der Waals surface area contributed by atoms with E-state index in [0.29, 0.717) is 6.42 Å². The Labute approximate surface area is 131 Å². The van der Waals surface area contributed by atoms with E-state index in [1.54, 1.807) is 0 Å². The third-order valence-corrected chi connectivity index (χ3v) is 3.75. The van der Waals surface area contributed by atoms with Gasteiger partial charge in [0.05, 0.1) is 6.04 Å². The molecule has 1 N–H and O–H groups in total. The van der Waals surface area contributed by atoms with Crippen LogP contribution in [0.5, 0.6) is 0 Å². The lowest BCUT2D eigenvalue weighted by molar-refractivity contribution is -0.121. The lowest BCUT2D eigenvalue weighted by Crippen LogP contribution is -2.28. The Morgan fingerprint density at radius 3 is 2.38 bits per heavy atom. The molecule has 0 aromatic heterocycles. The van der Waals surface area contributed by atoms with Crippen LogP contribution in [0.2, 0.25) is 5.02 Å². The summed E-state index contributed by atoms with van der Waals surface area (Å²) in [5.74, 6) is 0.0839. The fourth-order valence-electron chi connectivity index (χ4n) is 2.28. The predicted molar refractivity (Wildman–Crippen MR) is 87.4 cm³/mol. The molecule has 2 rings (SSSR count). The van der Waals surface area contributed by atoms with Crippen molar-refractivity contribution in [1.29, 1.82) is 0 Å². The van der Waals surface area contributed by atoms with Gasteiger partial charge in [0.2, 0.25) is 5.91 Å². The maximum Gasteiger partial charge on any atom is 0.220 e. The van der Waals surface area contributed by atoms with Gasteiger partial charge in [-0.3, -0.25) is 4.79 Å². The van der Waals surface area contributed by atoms with Crippen LogP contribution in [0.1, 0.15) is 36.9 Å². The molecule has 3 heteroatoms. The smallest absolute Gasteiger partial charge is 0.220 e. The number of amides is 1. The molecule has 21 heavy (non-hydrogen) atoms. The van der Waals surface area contributed by atoms with Crippen LogP contribution in [0.15, 0.2) is 54.6 Å². The summed E-state index contributed by atoms with van der Waals surface area (Å²) in [7, 11) is 0. The lowest BCUT2D eigenvalue weighted by atomic mass is 10.0. The van der Waals surface area contributed by atoms with Crippen LogP contribution >= 0.6 is 11.6 Å². The van der Waals surface area contributed by atoms with Gasteiger partial charge in [-0.1, -0.05) is 61.0 Å². The van der Waals surface area contributed by atoms with E-state index in [1.165, 1.54) is 0 Å². The molecule has 0 unspecified atom stereocenters. The maximum absolute atomic E-state index is 12.1. The van der Waals surface area contributed by atoms with Crippen molar-refractivity contribution in [1.82, 2.24) is 5.32 Å². The second-order valence-corrected chi connectivity index (χ2v) is 5.50. The summed E-state index contributed by atoms with van der Waals surface area (Å²) in [6.07, 6.45) is 2.11. The highest BCUT2D eigenvalue weighted by Gasteiger charge is 2.12. The van der Waals surface area contributed by atoms with Crippen LogP contribution in [-0.2, 0) is 11.2 Å². The summed E-state index contributed by atoms with van der Waals surface area (Å²) in [4.78, 5) is 12.1. The zero-order valence-electron chi connectivity index (χ0n) is 12.2. The third kappa shape index (κ3) is 4.91. The molecule has 2 aromatic rings. The molecule has 0 heterocycles. The summed E-state index contributed by atoms with van der Waals surface area (Å²) >= 11 is 5.85. The van der Waals surface area contributed by atoms with E-state index in [4.69, 9.17) is 11.6 Å². The number of hydrogen-bond donors (Lipinski definition) is 1. The van der Waals surface area contributed by atoms with Gasteiger partial charge in [-0.2, -0.15) is 0 Å². The molecule has 2 nitrogen and oxygen atoms in total. The molecule has 0 spiro atoms. The van der Waals surface area contributed by atoms with Gasteiger partial charge in [0.25, 0.3) is 0 Å². The van der Waals surface area contributed by atoms with Gasteiger partial charge in [0, 0.05) is 11.4 Å². The number of rotatable bonds is 6. The van der Waals surface area contributed by atoms with E-state index in [0.717, 1.165) is 29.0 Å². The number of hydrogen-bond acceptors (Lipinski definition) is 1. The van der Waals surface area contributed by atoms with E-state index in [-0.39, 0.29) is 11.9 Å². The molecule has 0 fully saturated rings. The molecule has 0 saturated carbocycles. The van der Waals surface area contributed by atoms with Gasteiger partial charge < -0.3 is 5.32 Å². The Bertz CT molecular complexity index is 566. The van der Waals surface area contributed by atoms with Gasteiger partial charge in [0.15, 0.2) is 0 Å². The van der Waals surface area contributed by atoms with Gasteiger partial charge in [0.1, 0.15) is 0 Å². The molecular weight excluding hydrogens is 282 g/mol. The highest BCUT2D eigenvalue weighted by Crippen LogP contribution is 2.16. The maximum atomic E-state index is 12.1. The monoisotopic (exact) mass is 301 g/mol. The first kappa shape index (κ1) is 15.6. The van der Waals surface area contributed by atoms with Crippen molar-refractivity contribution in [2.45, 2.75) is 32.2 Å². The second kappa shape index (κ2) is 7.84. The number of aryl methyl sites for hydroxylation is 1. The first-order valence-electron chi connectivity index (χ1n) is 7.27. The van der Waals surface area contributed by atoms with Crippen molar-refractivity contribution in [3.63, 3.8) is 0 Å². The molecule has 110 valence electrons. The van der Waals surface area contributed by atoms with E-state index in [9.17, 15) is 4.79 Å². The number of carbonyl (C=O) groups is 1. The quantitative estimate of drug-likeness (QED) is 0.834. The van der Waals surface area contributed by atoms with Crippen molar-refractivity contribution in [2.75, 3.05) is 0 Å². The number of benzene rings is 2. The van der Waals surface area contributed by atoms with E-state index in [2.05, 4.69) is 12.2 Å². The normalized spacial score (nSPS) is 11.9. The number of nitrogens with one attached hydrogen (secondary N) is 1. The zero-order chi connectivity index (χ0) is 15.1. The summed E-state index contributed by atoms with van der Waals surface area (Å²) in [5.41, 5.74) is 2.28. The summed E-state index contributed by atoms with van der Waals surface area (Å²) in [6.45, 7) is 2.08. The van der Waals surface area contributed by atoms with Gasteiger partial charge in [-0.15, -0.1) is 0 Å². The van der Waals surface area contributed by atoms with E-state index >= 15 is 0 Å². The molecule has 0 aliphatic heterocycles. The van der Waals surface area contributed by atoms with Crippen LogP contribution in [-0.4, -0.2) is 5.91 Å². The first-order chi connectivity index (χ1) is 10.2. The fraction of sp³-hybridized carbons (Fsp3) is 0.278. The highest BCUT2D eigenvalue weighted by atomic mass is 35.5. The molecule has 0 aliphatic carbocycles. The molecular formula is C18H20ClNO. The minimum absolute atomic E-state index is 0.0839. The molecule has 0 saturated heterocycles. The number of carbonyl (C=O) groups excluding carboxylic acids is 1. The average Bonchev–Trinajstić information content (AvgIpc) is 2.53. The molecule has 2 aromatic carbocycles. The zero-order valence-corrected chi connectivity index (χ0v) is 12.9. The lowest BCUT2D eigenvalue weighted by Gasteiger charge is -2.17. The van der Waals surface area contributed by atoms with Crippen LogP contribution in [0, 0.1) is 0 Å². The molecule has 1 atom stereocenters. The molecule has 1 amide bonds.